The van der Waals surface area contributed by atoms with E-state index in [1.165, 1.54) is 0 Å². The molecule has 6 nitrogen and oxygen atoms in total. The predicted octanol–water partition coefficient (Wildman–Crippen LogP) is 4.12. The van der Waals surface area contributed by atoms with E-state index in [-0.39, 0.29) is 0 Å². The van der Waals surface area contributed by atoms with Gasteiger partial charge in [-0.3, -0.25) is 4.98 Å². The van der Waals surface area contributed by atoms with Gasteiger partial charge in [0.25, 0.3) is 5.89 Å². The third-order valence-corrected chi connectivity index (χ3v) is 3.95. The molecule has 3 heterocycles. The van der Waals surface area contributed by atoms with Crippen molar-refractivity contribution < 1.29 is 9.26 Å². The van der Waals surface area contributed by atoms with Gasteiger partial charge in [0.1, 0.15) is 16.0 Å². The van der Waals surface area contributed by atoms with Gasteiger partial charge in [-0.15, -0.1) is 0 Å². The Labute approximate surface area is 145 Å². The Balaban J connectivity index is 1.72. The third-order valence-electron chi connectivity index (χ3n) is 3.51. The quantitative estimate of drug-likeness (QED) is 0.496. The lowest BCUT2D eigenvalue weighted by atomic mass is 10.1. The summed E-state index contributed by atoms with van der Waals surface area (Å²) >= 11 is 3.33. The van der Waals surface area contributed by atoms with Crippen LogP contribution in [0.15, 0.2) is 57.8 Å². The summed E-state index contributed by atoms with van der Waals surface area (Å²) in [5.41, 5.74) is 2.23. The second-order valence-electron chi connectivity index (χ2n) is 5.05. The number of methoxy groups -OCH3 is 1. The number of rotatable bonds is 3. The Morgan fingerprint density at radius 3 is 2.83 bits per heavy atom. The molecule has 0 aliphatic heterocycles. The zero-order valence-corrected chi connectivity index (χ0v) is 14.2. The number of nitrogens with zero attached hydrogens (tertiary/aromatic N) is 4. The molecule has 1 aromatic carbocycles. The summed E-state index contributed by atoms with van der Waals surface area (Å²) in [4.78, 5) is 13.2. The highest BCUT2D eigenvalue weighted by Gasteiger charge is 2.13. The number of benzene rings is 1. The van der Waals surface area contributed by atoms with Crippen molar-refractivity contribution in [3.63, 3.8) is 0 Å². The molecule has 4 rings (SSSR count). The first-order valence-corrected chi connectivity index (χ1v) is 7.93. The van der Waals surface area contributed by atoms with Crippen LogP contribution in [0, 0.1) is 0 Å². The summed E-state index contributed by atoms with van der Waals surface area (Å²) < 4.78 is 11.3. The van der Waals surface area contributed by atoms with Crippen LogP contribution in [0.2, 0.25) is 0 Å². The fourth-order valence-corrected chi connectivity index (χ4v) is 2.67. The van der Waals surface area contributed by atoms with Crippen molar-refractivity contribution in [2.24, 2.45) is 0 Å². The lowest BCUT2D eigenvalue weighted by Crippen LogP contribution is -1.87. The first kappa shape index (κ1) is 14.8. The number of fused-ring (bicyclic) bond motifs is 1. The summed E-state index contributed by atoms with van der Waals surface area (Å²) in [5.74, 6) is 1.60. The van der Waals surface area contributed by atoms with Crippen molar-refractivity contribution in [3.8, 4) is 28.7 Å². The Morgan fingerprint density at radius 2 is 2.00 bits per heavy atom. The van der Waals surface area contributed by atoms with E-state index in [9.17, 15) is 0 Å². The molecule has 3 aromatic heterocycles. The van der Waals surface area contributed by atoms with Crippen molar-refractivity contribution in [1.82, 2.24) is 20.1 Å². The Bertz CT molecular complexity index is 1030. The van der Waals surface area contributed by atoms with Gasteiger partial charge < -0.3 is 9.26 Å². The molecule has 0 saturated carbocycles. The van der Waals surface area contributed by atoms with Crippen LogP contribution < -0.4 is 4.74 Å². The number of hydrogen-bond acceptors (Lipinski definition) is 6. The van der Waals surface area contributed by atoms with E-state index in [0.29, 0.717) is 22.0 Å². The first-order chi connectivity index (χ1) is 11.7. The Kier molecular flexibility index (Phi) is 3.70. The molecule has 7 heteroatoms. The minimum Gasteiger partial charge on any atom is -0.497 e. The SMILES string of the molecule is COc1ccc2cc(-c3nc(-c4cccc(Br)n4)no3)cnc2c1. The molecule has 0 atom stereocenters. The number of ether oxygens (including phenoxy) is 1. The second-order valence-corrected chi connectivity index (χ2v) is 5.86. The molecule has 0 saturated heterocycles. The van der Waals surface area contributed by atoms with Crippen LogP contribution in [0.25, 0.3) is 33.9 Å². The van der Waals surface area contributed by atoms with Gasteiger partial charge in [0.05, 0.1) is 18.2 Å². The Morgan fingerprint density at radius 1 is 1.08 bits per heavy atom. The van der Waals surface area contributed by atoms with E-state index in [2.05, 4.69) is 36.0 Å². The number of aromatic nitrogens is 4. The molecule has 0 bridgehead atoms. The maximum absolute atomic E-state index is 5.36. The highest BCUT2D eigenvalue weighted by Crippen LogP contribution is 2.26. The van der Waals surface area contributed by atoms with Gasteiger partial charge in [-0.1, -0.05) is 11.2 Å². The zero-order chi connectivity index (χ0) is 16.5. The van der Waals surface area contributed by atoms with Crippen LogP contribution in [0.1, 0.15) is 0 Å². The Hall–Kier alpha value is -2.80. The summed E-state index contributed by atoms with van der Waals surface area (Å²) in [6.07, 6.45) is 1.70. The molecule has 0 aliphatic carbocycles. The fourth-order valence-electron chi connectivity index (χ4n) is 2.32. The van der Waals surface area contributed by atoms with Crippen LogP contribution in [0.3, 0.4) is 0 Å². The van der Waals surface area contributed by atoms with E-state index in [4.69, 9.17) is 9.26 Å². The van der Waals surface area contributed by atoms with Crippen LogP contribution in [-0.4, -0.2) is 27.2 Å². The van der Waals surface area contributed by atoms with Crippen LogP contribution in [-0.2, 0) is 0 Å². The van der Waals surface area contributed by atoms with Gasteiger partial charge in [-0.2, -0.15) is 4.98 Å². The highest BCUT2D eigenvalue weighted by molar-refractivity contribution is 9.10. The van der Waals surface area contributed by atoms with E-state index in [1.807, 2.05) is 42.5 Å². The molecular weight excluding hydrogens is 372 g/mol. The molecule has 118 valence electrons. The topological polar surface area (TPSA) is 73.9 Å². The molecule has 0 fully saturated rings. The highest BCUT2D eigenvalue weighted by atomic mass is 79.9. The fraction of sp³-hybridized carbons (Fsp3) is 0.0588. The lowest BCUT2D eigenvalue weighted by molar-refractivity contribution is 0.415. The van der Waals surface area contributed by atoms with E-state index in [1.54, 1.807) is 13.3 Å². The monoisotopic (exact) mass is 382 g/mol. The molecule has 0 unspecified atom stereocenters. The molecule has 24 heavy (non-hydrogen) atoms. The van der Waals surface area contributed by atoms with Gasteiger partial charge in [0, 0.05) is 17.6 Å². The van der Waals surface area contributed by atoms with Crippen LogP contribution in [0.4, 0.5) is 0 Å². The van der Waals surface area contributed by atoms with Crippen molar-refractivity contribution >= 4 is 26.8 Å². The minimum atomic E-state index is 0.400. The largest absolute Gasteiger partial charge is 0.497 e. The first-order valence-electron chi connectivity index (χ1n) is 7.14. The van der Waals surface area contributed by atoms with E-state index in [0.717, 1.165) is 22.2 Å². The van der Waals surface area contributed by atoms with Gasteiger partial charge in [0.2, 0.25) is 5.82 Å². The van der Waals surface area contributed by atoms with Crippen molar-refractivity contribution in [3.05, 3.63) is 53.3 Å². The average Bonchev–Trinajstić information content (AvgIpc) is 3.11. The van der Waals surface area contributed by atoms with Crippen molar-refractivity contribution in [1.29, 1.82) is 0 Å². The van der Waals surface area contributed by atoms with E-state index >= 15 is 0 Å². The number of pyridine rings is 2. The van der Waals surface area contributed by atoms with E-state index < -0.39 is 0 Å². The number of halogens is 1. The molecule has 4 aromatic rings. The standard InChI is InChI=1S/C17H11BrN4O2/c1-23-12-6-5-10-7-11(9-19-14(10)8-12)17-21-16(22-24-17)13-3-2-4-15(18)20-13/h2-9H,1H3. The zero-order valence-electron chi connectivity index (χ0n) is 12.6. The molecule has 0 amide bonds. The minimum absolute atomic E-state index is 0.400. The van der Waals surface area contributed by atoms with Crippen molar-refractivity contribution in [2.75, 3.05) is 7.11 Å². The van der Waals surface area contributed by atoms with Gasteiger partial charge in [-0.25, -0.2) is 4.98 Å². The molecule has 0 spiro atoms. The van der Waals surface area contributed by atoms with Crippen LogP contribution >= 0.6 is 15.9 Å². The number of hydrogen-bond donors (Lipinski definition) is 0. The van der Waals surface area contributed by atoms with Crippen molar-refractivity contribution in [2.45, 2.75) is 0 Å². The van der Waals surface area contributed by atoms with Crippen LogP contribution in [0.5, 0.6) is 5.75 Å². The molecule has 0 radical (unpaired) electrons. The maximum Gasteiger partial charge on any atom is 0.259 e. The van der Waals surface area contributed by atoms with Gasteiger partial charge in [0.15, 0.2) is 0 Å². The average molecular weight is 383 g/mol. The smallest absolute Gasteiger partial charge is 0.259 e. The third kappa shape index (κ3) is 2.74. The summed E-state index contributed by atoms with van der Waals surface area (Å²) in [6, 6.07) is 13.2. The molecule has 0 N–H and O–H groups in total. The van der Waals surface area contributed by atoms with Gasteiger partial charge >= 0.3 is 0 Å². The molecular formula is C17H11BrN4O2. The normalized spacial score (nSPS) is 10.9. The lowest BCUT2D eigenvalue weighted by Gasteiger charge is -2.02. The van der Waals surface area contributed by atoms with Gasteiger partial charge in [-0.05, 0) is 46.3 Å². The summed E-state index contributed by atoms with van der Waals surface area (Å²) in [6.45, 7) is 0. The summed E-state index contributed by atoms with van der Waals surface area (Å²) in [5, 5.41) is 4.96. The summed E-state index contributed by atoms with van der Waals surface area (Å²) in [7, 11) is 1.63. The molecule has 0 aliphatic rings. The predicted molar refractivity (Wildman–Crippen MR) is 92.5 cm³/mol. The maximum atomic E-state index is 5.36. The second kappa shape index (κ2) is 6.01.